The third-order valence-electron chi connectivity index (χ3n) is 4.55. The van der Waals surface area contributed by atoms with E-state index >= 15 is 0 Å². The third kappa shape index (κ3) is 3.41. The molecule has 0 aliphatic carbocycles. The van der Waals surface area contributed by atoms with E-state index in [2.05, 4.69) is 44.7 Å². The summed E-state index contributed by atoms with van der Waals surface area (Å²) in [6.45, 7) is 9.57. The van der Waals surface area contributed by atoms with Gasteiger partial charge in [0.2, 0.25) is 5.91 Å². The minimum atomic E-state index is 0.330. The molecule has 0 spiro atoms. The smallest absolute Gasteiger partial charge is 0.223 e. The number of piperidine rings is 1. The molecule has 0 aromatic heterocycles. The molecule has 110 valence electrons. The largest absolute Gasteiger partial charge is 0.340 e. The van der Waals surface area contributed by atoms with Crippen molar-refractivity contribution in [3.8, 4) is 0 Å². The van der Waals surface area contributed by atoms with Crippen molar-refractivity contribution in [3.63, 3.8) is 0 Å². The fraction of sp³-hybridized carbons (Fsp3) is 0.611. The van der Waals surface area contributed by atoms with Crippen LogP contribution >= 0.6 is 0 Å². The van der Waals surface area contributed by atoms with E-state index in [4.69, 9.17) is 0 Å². The summed E-state index contributed by atoms with van der Waals surface area (Å²) in [5, 5.41) is 0. The van der Waals surface area contributed by atoms with Gasteiger partial charge < -0.3 is 4.90 Å². The zero-order chi connectivity index (χ0) is 14.7. The number of nitrogens with zero attached hydrogens (tertiary/aromatic N) is 1. The molecule has 2 rings (SSSR count). The van der Waals surface area contributed by atoms with Gasteiger partial charge in [0.05, 0.1) is 0 Å². The van der Waals surface area contributed by atoms with E-state index in [1.165, 1.54) is 35.1 Å². The second kappa shape index (κ2) is 6.43. The van der Waals surface area contributed by atoms with Gasteiger partial charge in [-0.2, -0.15) is 0 Å². The van der Waals surface area contributed by atoms with Crippen LogP contribution in [0.4, 0.5) is 0 Å². The lowest BCUT2D eigenvalue weighted by Crippen LogP contribution is -2.42. The Balaban J connectivity index is 2.00. The second-order valence-corrected chi connectivity index (χ2v) is 6.31. The van der Waals surface area contributed by atoms with E-state index in [0.29, 0.717) is 18.4 Å². The average molecular weight is 273 g/mol. The molecule has 0 saturated carbocycles. The van der Waals surface area contributed by atoms with E-state index in [9.17, 15) is 4.79 Å². The van der Waals surface area contributed by atoms with Crippen LogP contribution in [-0.4, -0.2) is 23.4 Å². The van der Waals surface area contributed by atoms with Crippen molar-refractivity contribution >= 4 is 5.91 Å². The van der Waals surface area contributed by atoms with Crippen molar-refractivity contribution in [2.45, 2.75) is 65.8 Å². The van der Waals surface area contributed by atoms with Crippen LogP contribution in [0.1, 0.15) is 54.9 Å². The van der Waals surface area contributed by atoms with Gasteiger partial charge in [-0.3, -0.25) is 4.79 Å². The summed E-state index contributed by atoms with van der Waals surface area (Å²) in [6, 6.07) is 4.86. The van der Waals surface area contributed by atoms with E-state index in [1.54, 1.807) is 0 Å². The highest BCUT2D eigenvalue weighted by Gasteiger charge is 2.22. The highest BCUT2D eigenvalue weighted by atomic mass is 16.2. The first kappa shape index (κ1) is 15.1. The number of benzene rings is 1. The first-order valence-corrected chi connectivity index (χ1v) is 7.85. The Morgan fingerprint density at radius 3 is 2.45 bits per heavy atom. The molecule has 2 nitrogen and oxygen atoms in total. The maximum atomic E-state index is 12.4. The minimum absolute atomic E-state index is 0.330. The summed E-state index contributed by atoms with van der Waals surface area (Å²) in [5.41, 5.74) is 5.30. The fourth-order valence-corrected chi connectivity index (χ4v) is 3.45. The van der Waals surface area contributed by atoms with Crippen LogP contribution < -0.4 is 0 Å². The molecule has 1 amide bonds. The van der Waals surface area contributed by atoms with Gasteiger partial charge in [-0.1, -0.05) is 17.7 Å². The minimum Gasteiger partial charge on any atom is -0.340 e. The lowest BCUT2D eigenvalue weighted by Gasteiger charge is -2.33. The summed E-state index contributed by atoms with van der Waals surface area (Å²) in [4.78, 5) is 14.5. The maximum Gasteiger partial charge on any atom is 0.223 e. The third-order valence-corrected chi connectivity index (χ3v) is 4.55. The molecule has 1 saturated heterocycles. The van der Waals surface area contributed by atoms with Gasteiger partial charge in [-0.15, -0.1) is 0 Å². The first-order chi connectivity index (χ1) is 9.49. The van der Waals surface area contributed by atoms with Crippen LogP contribution in [0.15, 0.2) is 12.1 Å². The van der Waals surface area contributed by atoms with Crippen molar-refractivity contribution in [3.05, 3.63) is 34.4 Å². The molecule has 1 heterocycles. The molecule has 1 aromatic rings. The van der Waals surface area contributed by atoms with Crippen LogP contribution in [0.3, 0.4) is 0 Å². The molecule has 1 aliphatic rings. The average Bonchev–Trinajstić information content (AvgIpc) is 2.37. The predicted octanol–water partition coefficient (Wildman–Crippen LogP) is 3.95. The van der Waals surface area contributed by atoms with Crippen LogP contribution in [0, 0.1) is 20.8 Å². The number of likely N-dealkylation sites (tertiary alicyclic amines) is 1. The highest BCUT2D eigenvalue weighted by molar-refractivity contribution is 5.77. The van der Waals surface area contributed by atoms with Gasteiger partial charge in [0.15, 0.2) is 0 Å². The molecule has 0 bridgehead atoms. The Hall–Kier alpha value is -1.31. The van der Waals surface area contributed by atoms with Gasteiger partial charge in [0.25, 0.3) is 0 Å². The molecule has 1 aromatic carbocycles. The van der Waals surface area contributed by atoms with Gasteiger partial charge in [-0.05, 0) is 70.1 Å². The number of carbonyl (C=O) groups is 1. The number of hydrogen-bond acceptors (Lipinski definition) is 1. The highest BCUT2D eigenvalue weighted by Crippen LogP contribution is 2.21. The van der Waals surface area contributed by atoms with Crippen LogP contribution in [0.2, 0.25) is 0 Å². The Morgan fingerprint density at radius 1 is 1.20 bits per heavy atom. The van der Waals surface area contributed by atoms with Crippen molar-refractivity contribution in [2.75, 3.05) is 6.54 Å². The van der Waals surface area contributed by atoms with Crippen LogP contribution in [-0.2, 0) is 11.2 Å². The fourth-order valence-electron chi connectivity index (χ4n) is 3.45. The molecule has 1 atom stereocenters. The molecule has 0 radical (unpaired) electrons. The van der Waals surface area contributed by atoms with E-state index in [0.717, 1.165) is 19.4 Å². The number of hydrogen-bond donors (Lipinski definition) is 0. The molecular formula is C18H27NO. The summed E-state index contributed by atoms with van der Waals surface area (Å²) >= 11 is 0. The van der Waals surface area contributed by atoms with Gasteiger partial charge in [0, 0.05) is 19.0 Å². The summed E-state index contributed by atoms with van der Waals surface area (Å²) in [6.07, 6.45) is 5.11. The summed E-state index contributed by atoms with van der Waals surface area (Å²) in [7, 11) is 0. The summed E-state index contributed by atoms with van der Waals surface area (Å²) in [5.74, 6) is 0.330. The summed E-state index contributed by atoms with van der Waals surface area (Å²) < 4.78 is 0. The van der Waals surface area contributed by atoms with Gasteiger partial charge >= 0.3 is 0 Å². The maximum absolute atomic E-state index is 12.4. The predicted molar refractivity (Wildman–Crippen MR) is 84.0 cm³/mol. The number of rotatable bonds is 3. The molecule has 1 unspecified atom stereocenters. The Bertz CT molecular complexity index is 469. The zero-order valence-corrected chi connectivity index (χ0v) is 13.3. The lowest BCUT2D eigenvalue weighted by molar-refractivity contribution is -0.134. The standard InChI is InChI=1S/C18H27NO/c1-13-11-14(2)17(15(3)12-13)8-9-18(20)19-10-6-5-7-16(19)4/h11-12,16H,5-10H2,1-4H3. The first-order valence-electron chi connectivity index (χ1n) is 7.85. The normalized spacial score (nSPS) is 19.2. The van der Waals surface area contributed by atoms with Crippen LogP contribution in [0.5, 0.6) is 0 Å². The van der Waals surface area contributed by atoms with E-state index in [-0.39, 0.29) is 0 Å². The molecule has 0 N–H and O–H groups in total. The number of carbonyl (C=O) groups excluding carboxylic acids is 1. The van der Waals surface area contributed by atoms with Gasteiger partial charge in [0.1, 0.15) is 0 Å². The number of aryl methyl sites for hydroxylation is 3. The molecular weight excluding hydrogens is 246 g/mol. The molecule has 20 heavy (non-hydrogen) atoms. The Morgan fingerprint density at radius 2 is 1.85 bits per heavy atom. The topological polar surface area (TPSA) is 20.3 Å². The Kier molecular flexibility index (Phi) is 4.85. The molecule has 2 heteroatoms. The quantitative estimate of drug-likeness (QED) is 0.816. The Labute approximate surface area is 123 Å². The van der Waals surface area contributed by atoms with Gasteiger partial charge in [-0.25, -0.2) is 0 Å². The van der Waals surface area contributed by atoms with Crippen LogP contribution in [0.25, 0.3) is 0 Å². The zero-order valence-electron chi connectivity index (χ0n) is 13.3. The molecule has 1 aliphatic heterocycles. The lowest BCUT2D eigenvalue weighted by atomic mass is 9.95. The SMILES string of the molecule is Cc1cc(C)c(CCC(=O)N2CCCCC2C)c(C)c1. The van der Waals surface area contributed by atoms with Crippen molar-refractivity contribution in [1.29, 1.82) is 0 Å². The molecule has 1 fully saturated rings. The number of amides is 1. The van der Waals surface area contributed by atoms with E-state index < -0.39 is 0 Å². The van der Waals surface area contributed by atoms with Crippen molar-refractivity contribution < 1.29 is 4.79 Å². The monoisotopic (exact) mass is 273 g/mol. The second-order valence-electron chi connectivity index (χ2n) is 6.31. The van der Waals surface area contributed by atoms with Crippen molar-refractivity contribution in [1.82, 2.24) is 4.90 Å². The van der Waals surface area contributed by atoms with E-state index in [1.807, 2.05) is 0 Å². The van der Waals surface area contributed by atoms with Crippen molar-refractivity contribution in [2.24, 2.45) is 0 Å².